The van der Waals surface area contributed by atoms with Gasteiger partial charge in [-0.25, -0.2) is 0 Å². The normalized spacial score (nSPS) is 28.6. The molecule has 2 aliphatic carbocycles. The first kappa shape index (κ1) is 36.0. The van der Waals surface area contributed by atoms with Crippen molar-refractivity contribution in [1.82, 2.24) is 0 Å². The number of piperidine rings is 2. The van der Waals surface area contributed by atoms with Gasteiger partial charge in [-0.05, 0) is 66.8 Å². The van der Waals surface area contributed by atoms with Crippen LogP contribution in [0.5, 0.6) is 0 Å². The summed E-state index contributed by atoms with van der Waals surface area (Å²) in [4.78, 5) is 2.31. The van der Waals surface area contributed by atoms with Gasteiger partial charge >= 0.3 is 19.5 Å². The van der Waals surface area contributed by atoms with Crippen LogP contribution >= 0.6 is 0 Å². The zero-order valence-electron chi connectivity index (χ0n) is 28.3. The van der Waals surface area contributed by atoms with Crippen molar-refractivity contribution < 1.29 is 29.7 Å². The largest absolute Gasteiger partial charge is 2.00 e. The molecule has 0 spiro atoms. The van der Waals surface area contributed by atoms with Gasteiger partial charge < -0.3 is 25.7 Å². The van der Waals surface area contributed by atoms with Crippen LogP contribution in [0.4, 0.5) is 17.1 Å². The zero-order chi connectivity index (χ0) is 31.7. The molecule has 0 radical (unpaired) electrons. The molecular weight excluding hydrogens is 632 g/mol. The van der Waals surface area contributed by atoms with Crippen molar-refractivity contribution in [3.05, 3.63) is 107 Å². The molecular formula is C41H53N3O2Zn. The molecule has 4 fully saturated rings. The van der Waals surface area contributed by atoms with E-state index in [9.17, 15) is 10.2 Å². The van der Waals surface area contributed by atoms with E-state index in [1.807, 2.05) is 0 Å². The monoisotopic (exact) mass is 683 g/mol. The van der Waals surface area contributed by atoms with E-state index < -0.39 is 0 Å². The van der Waals surface area contributed by atoms with Gasteiger partial charge in [0.05, 0.1) is 0 Å². The van der Waals surface area contributed by atoms with Crippen LogP contribution in [0.2, 0.25) is 0 Å². The van der Waals surface area contributed by atoms with E-state index in [0.29, 0.717) is 17.9 Å². The molecule has 5 nitrogen and oxygen atoms in total. The van der Waals surface area contributed by atoms with Crippen LogP contribution in [0, 0.1) is 11.8 Å². The molecule has 2 aliphatic heterocycles. The van der Waals surface area contributed by atoms with Crippen LogP contribution in [0.15, 0.2) is 84.9 Å². The second-order valence-electron chi connectivity index (χ2n) is 13.9. The van der Waals surface area contributed by atoms with E-state index in [1.54, 1.807) is 0 Å². The molecule has 47 heavy (non-hydrogen) atoms. The van der Waals surface area contributed by atoms with E-state index in [1.165, 1.54) is 55.3 Å². The zero-order valence-corrected chi connectivity index (χ0v) is 31.3. The van der Waals surface area contributed by atoms with Crippen LogP contribution in [0.3, 0.4) is 0 Å². The number of benzene rings is 3. The number of aliphatic hydroxyl groups is 2. The first-order valence-electron chi connectivity index (χ1n) is 18.0. The molecule has 246 valence electrons. The maximum atomic E-state index is 10.4. The van der Waals surface area contributed by atoms with Gasteiger partial charge in [0.15, 0.2) is 0 Å². The van der Waals surface area contributed by atoms with Crippen LogP contribution in [0.1, 0.15) is 88.7 Å². The Morgan fingerprint density at radius 3 is 1.94 bits per heavy atom. The van der Waals surface area contributed by atoms with Crippen molar-refractivity contribution >= 4 is 23.1 Å². The second kappa shape index (κ2) is 17.9. The third kappa shape index (κ3) is 9.43. The number of aliphatic hydroxyl groups excluding tert-OH is 2. The maximum absolute atomic E-state index is 10.4. The third-order valence-electron chi connectivity index (χ3n) is 10.6. The molecule has 2 saturated heterocycles. The number of hydrogen-bond acceptors (Lipinski definition) is 3. The average molecular weight is 685 g/mol. The van der Waals surface area contributed by atoms with E-state index in [2.05, 4.69) is 108 Å². The van der Waals surface area contributed by atoms with Crippen molar-refractivity contribution in [3.8, 4) is 0 Å². The van der Waals surface area contributed by atoms with Crippen molar-refractivity contribution in [2.24, 2.45) is 11.8 Å². The molecule has 4 aliphatic rings. The summed E-state index contributed by atoms with van der Waals surface area (Å²) in [6, 6.07) is 28.9. The summed E-state index contributed by atoms with van der Waals surface area (Å²) in [7, 11) is 0. The van der Waals surface area contributed by atoms with Gasteiger partial charge in [0.2, 0.25) is 0 Å². The third-order valence-corrected chi connectivity index (χ3v) is 10.6. The SMILES string of the molecule is CCCc1ccc(N(c2ccccc2)c2ccc(/C=C/C3CCC4CCCC(O)C4[N-]3)cc2)cc1.OC1CCCC2CCC[N-]C12.[Zn+2]. The van der Waals surface area contributed by atoms with Gasteiger partial charge in [0.25, 0.3) is 0 Å². The van der Waals surface area contributed by atoms with Crippen molar-refractivity contribution in [3.63, 3.8) is 0 Å². The molecule has 0 bridgehead atoms. The molecule has 7 rings (SSSR count). The summed E-state index contributed by atoms with van der Waals surface area (Å²) in [5.41, 5.74) is 6.03. The Balaban J connectivity index is 0.000000305. The predicted octanol–water partition coefficient (Wildman–Crippen LogP) is 9.87. The van der Waals surface area contributed by atoms with E-state index in [-0.39, 0.29) is 43.8 Å². The molecule has 3 aromatic carbocycles. The van der Waals surface area contributed by atoms with Gasteiger partial charge in [-0.15, -0.1) is 30.7 Å². The van der Waals surface area contributed by atoms with E-state index in [4.69, 9.17) is 5.32 Å². The average Bonchev–Trinajstić information content (AvgIpc) is 3.10. The Bertz CT molecular complexity index is 1360. The molecule has 6 heteroatoms. The van der Waals surface area contributed by atoms with Gasteiger partial charge in [-0.1, -0.05) is 125 Å². The van der Waals surface area contributed by atoms with Gasteiger partial charge in [-0.3, -0.25) is 0 Å². The number of rotatable bonds is 7. The van der Waals surface area contributed by atoms with Crippen LogP contribution in [0.25, 0.3) is 16.7 Å². The minimum absolute atomic E-state index is 0. The Morgan fingerprint density at radius 2 is 1.28 bits per heavy atom. The molecule has 0 aromatic heterocycles. The topological polar surface area (TPSA) is 71.9 Å². The Morgan fingerprint density at radius 1 is 0.681 bits per heavy atom. The first-order valence-corrected chi connectivity index (χ1v) is 18.0. The maximum Gasteiger partial charge on any atom is 2.00 e. The van der Waals surface area contributed by atoms with Gasteiger partial charge in [-0.2, -0.15) is 0 Å². The van der Waals surface area contributed by atoms with E-state index >= 15 is 0 Å². The number of nitrogens with zero attached hydrogens (tertiary/aromatic N) is 3. The summed E-state index contributed by atoms with van der Waals surface area (Å²) in [6.45, 7) is 3.21. The van der Waals surface area contributed by atoms with Gasteiger partial charge in [0, 0.05) is 29.3 Å². The number of hydrogen-bond donors (Lipinski definition) is 2. The van der Waals surface area contributed by atoms with Crippen molar-refractivity contribution in [1.29, 1.82) is 0 Å². The minimum atomic E-state index is -0.246. The Labute approximate surface area is 296 Å². The second-order valence-corrected chi connectivity index (χ2v) is 13.9. The number of para-hydroxylation sites is 1. The van der Waals surface area contributed by atoms with E-state index in [0.717, 1.165) is 56.4 Å². The summed E-state index contributed by atoms with van der Waals surface area (Å²) >= 11 is 0. The summed E-state index contributed by atoms with van der Waals surface area (Å²) in [5.74, 6) is 1.30. The fourth-order valence-electron chi connectivity index (χ4n) is 8.11. The van der Waals surface area contributed by atoms with Crippen LogP contribution < -0.4 is 4.90 Å². The molecule has 7 atom stereocenters. The molecule has 2 N–H and O–H groups in total. The molecule has 3 aromatic rings. The standard InChI is InChI=1S/C32H37N2O.C9H16NO.Zn/c1-2-7-24-13-20-29(21-14-24)34(28-9-4-3-5-10-28)30-22-15-25(16-23-30)12-18-27-19-17-26-8-6-11-31(35)32(26)33-27;11-8-5-1-3-7-4-2-6-10-9(7)8;/h3-5,9-10,12-16,18,20-23,26-27,31-32,35H,2,6-8,11,17,19H2,1H3;7-9,11H,1-6H2;/q2*-1;+2/b18-12+;;. The smallest absolute Gasteiger partial charge is 0.657 e. The summed E-state index contributed by atoms with van der Waals surface area (Å²) < 4.78 is 0. The number of anilines is 3. The molecule has 2 saturated carbocycles. The molecule has 0 amide bonds. The first-order chi connectivity index (χ1) is 22.6. The molecule has 7 unspecified atom stereocenters. The quantitative estimate of drug-likeness (QED) is 0.243. The minimum Gasteiger partial charge on any atom is -0.657 e. The molecule has 2 heterocycles. The Hall–Kier alpha value is -2.34. The number of fused-ring (bicyclic) bond motifs is 2. The predicted molar refractivity (Wildman–Crippen MR) is 192 cm³/mol. The van der Waals surface area contributed by atoms with Crippen LogP contribution in [-0.4, -0.2) is 47.1 Å². The van der Waals surface area contributed by atoms with Crippen LogP contribution in [-0.2, 0) is 25.9 Å². The number of aryl methyl sites for hydroxylation is 1. The fourth-order valence-corrected chi connectivity index (χ4v) is 8.11. The van der Waals surface area contributed by atoms with Gasteiger partial charge in [0.1, 0.15) is 0 Å². The Kier molecular flexibility index (Phi) is 13.7. The summed E-state index contributed by atoms with van der Waals surface area (Å²) in [6.07, 6.45) is 17.9. The van der Waals surface area contributed by atoms with Crippen molar-refractivity contribution in [2.45, 2.75) is 114 Å². The fraction of sp³-hybridized carbons (Fsp3) is 0.512. The van der Waals surface area contributed by atoms with Crippen molar-refractivity contribution in [2.75, 3.05) is 11.4 Å². The summed E-state index contributed by atoms with van der Waals surface area (Å²) in [5, 5.41) is 29.5.